The number of rotatable bonds is 6. The highest BCUT2D eigenvalue weighted by molar-refractivity contribution is 6.31. The summed E-state index contributed by atoms with van der Waals surface area (Å²) in [7, 11) is 0. The summed E-state index contributed by atoms with van der Waals surface area (Å²) in [6.45, 7) is 0.781. The molecule has 3 aliphatic rings. The Morgan fingerprint density at radius 2 is 1.82 bits per heavy atom. The van der Waals surface area contributed by atoms with E-state index < -0.39 is 35.7 Å². The van der Waals surface area contributed by atoms with Crippen LogP contribution in [-0.2, 0) is 30.4 Å². The summed E-state index contributed by atoms with van der Waals surface area (Å²) >= 11 is 5.93. The number of fused-ring (bicyclic) bond motifs is 1. The first-order valence-electron chi connectivity index (χ1n) is 13.8. The van der Waals surface area contributed by atoms with Crippen molar-refractivity contribution in [3.05, 3.63) is 93.8 Å². The molecule has 1 fully saturated rings. The molecule has 13 heteroatoms. The third kappa shape index (κ3) is 5.49. The Morgan fingerprint density at radius 1 is 1.05 bits per heavy atom. The Bertz CT molecular complexity index is 1700. The van der Waals surface area contributed by atoms with Crippen molar-refractivity contribution in [2.45, 2.75) is 25.0 Å². The number of hydrogen-bond acceptors (Lipinski definition) is 7. The number of carboxylic acid groups (broad SMARTS) is 1. The minimum atomic E-state index is -1.13. The molecule has 0 aliphatic carbocycles. The van der Waals surface area contributed by atoms with Gasteiger partial charge in [-0.2, -0.15) is 0 Å². The van der Waals surface area contributed by atoms with Crippen LogP contribution in [0.1, 0.15) is 39.5 Å². The Morgan fingerprint density at radius 3 is 2.57 bits per heavy atom. The minimum Gasteiger partial charge on any atom is -0.478 e. The van der Waals surface area contributed by atoms with Crippen LogP contribution < -0.4 is 10.2 Å². The molecular weight excluding hydrogens is 595 g/mol. The first kappa shape index (κ1) is 29.3. The zero-order chi connectivity index (χ0) is 31.0. The van der Waals surface area contributed by atoms with Crippen LogP contribution in [0.15, 0.2) is 65.8 Å². The second-order valence-corrected chi connectivity index (χ2v) is 10.8. The van der Waals surface area contributed by atoms with Gasteiger partial charge < -0.3 is 29.8 Å². The molecule has 3 amide bonds. The number of anilines is 2. The van der Waals surface area contributed by atoms with Crippen LogP contribution in [0.4, 0.5) is 15.8 Å². The molecule has 1 saturated heterocycles. The van der Waals surface area contributed by atoms with Crippen LogP contribution in [0.5, 0.6) is 0 Å². The third-order valence-electron chi connectivity index (χ3n) is 7.81. The quantitative estimate of drug-likeness (QED) is 0.428. The van der Waals surface area contributed by atoms with Crippen molar-refractivity contribution in [3.8, 4) is 0 Å². The van der Waals surface area contributed by atoms with Gasteiger partial charge in [-0.25, -0.2) is 9.18 Å². The number of nitrogens with zero attached hydrogens (tertiary/aromatic N) is 3. The number of nitrogens with one attached hydrogen (secondary N) is 1. The van der Waals surface area contributed by atoms with Gasteiger partial charge in [0.15, 0.2) is 5.82 Å². The summed E-state index contributed by atoms with van der Waals surface area (Å²) in [5, 5.41) is 15.9. The van der Waals surface area contributed by atoms with E-state index in [2.05, 4.69) is 10.5 Å². The number of amides is 3. The molecule has 3 aromatic carbocycles. The SMILES string of the molecule is O=C(O)c1ccc(NC(=O)[C@@H]2c3cccc(N4CCOCC4=O)c3CCN2C(=O)[C@H]2CC(c3cccc(Cl)c3F)=NO2)cc1. The topological polar surface area (TPSA) is 138 Å². The fourth-order valence-electron chi connectivity index (χ4n) is 5.68. The van der Waals surface area contributed by atoms with E-state index in [4.69, 9.17) is 21.2 Å². The number of halogens is 2. The van der Waals surface area contributed by atoms with Gasteiger partial charge in [-0.15, -0.1) is 0 Å². The number of carbonyl (C=O) groups excluding carboxylic acids is 3. The van der Waals surface area contributed by atoms with E-state index in [0.717, 1.165) is 5.56 Å². The Hall–Kier alpha value is -4.81. The molecular formula is C31H26ClFN4O7. The summed E-state index contributed by atoms with van der Waals surface area (Å²) in [5.74, 6) is -3.06. The number of hydrogen-bond donors (Lipinski definition) is 2. The lowest BCUT2D eigenvalue weighted by atomic mass is 9.89. The fourth-order valence-corrected chi connectivity index (χ4v) is 5.86. The molecule has 0 unspecified atom stereocenters. The van der Waals surface area contributed by atoms with Gasteiger partial charge in [0.25, 0.3) is 17.7 Å². The first-order valence-corrected chi connectivity index (χ1v) is 14.2. The lowest BCUT2D eigenvalue weighted by Crippen LogP contribution is -2.50. The van der Waals surface area contributed by atoms with Crippen LogP contribution in [0, 0.1) is 5.82 Å². The molecule has 226 valence electrons. The molecule has 2 atom stereocenters. The molecule has 3 heterocycles. The number of ether oxygens (including phenoxy) is 1. The van der Waals surface area contributed by atoms with Crippen molar-refractivity contribution in [3.63, 3.8) is 0 Å². The van der Waals surface area contributed by atoms with Crippen LogP contribution in [0.2, 0.25) is 5.02 Å². The number of oxime groups is 1. The van der Waals surface area contributed by atoms with Gasteiger partial charge in [-0.3, -0.25) is 14.4 Å². The molecule has 0 bridgehead atoms. The van der Waals surface area contributed by atoms with Crippen molar-refractivity contribution in [1.29, 1.82) is 0 Å². The molecule has 2 N–H and O–H groups in total. The first-order chi connectivity index (χ1) is 21.2. The lowest BCUT2D eigenvalue weighted by molar-refractivity contribution is -0.148. The maximum atomic E-state index is 14.7. The zero-order valence-electron chi connectivity index (χ0n) is 23.2. The predicted molar refractivity (Wildman–Crippen MR) is 157 cm³/mol. The molecule has 44 heavy (non-hydrogen) atoms. The molecule has 0 radical (unpaired) electrons. The Balaban J connectivity index is 1.32. The van der Waals surface area contributed by atoms with Crippen molar-refractivity contribution >= 4 is 52.4 Å². The van der Waals surface area contributed by atoms with E-state index in [1.807, 2.05) is 0 Å². The molecule has 3 aliphatic heterocycles. The van der Waals surface area contributed by atoms with Crippen LogP contribution in [-0.4, -0.2) is 71.8 Å². The lowest BCUT2D eigenvalue weighted by Gasteiger charge is -2.39. The summed E-state index contributed by atoms with van der Waals surface area (Å²) in [4.78, 5) is 60.4. The maximum Gasteiger partial charge on any atom is 0.335 e. The van der Waals surface area contributed by atoms with Crippen molar-refractivity contribution < 1.29 is 38.2 Å². The number of carboxylic acids is 1. The van der Waals surface area contributed by atoms with Gasteiger partial charge in [0.05, 0.1) is 22.9 Å². The van der Waals surface area contributed by atoms with E-state index in [1.165, 1.54) is 41.3 Å². The largest absolute Gasteiger partial charge is 0.478 e. The summed E-state index contributed by atoms with van der Waals surface area (Å²) < 4.78 is 20.0. The van der Waals surface area contributed by atoms with Crippen molar-refractivity contribution in [2.75, 3.05) is 36.5 Å². The number of carbonyl (C=O) groups is 4. The predicted octanol–water partition coefficient (Wildman–Crippen LogP) is 3.80. The van der Waals surface area contributed by atoms with Gasteiger partial charge >= 0.3 is 5.97 Å². The standard InChI is InChI=1S/C31H26ClFN4O7/c32-22-5-1-4-21(27(22)33)23-15-25(44-35-23)30(40)37-12-11-19-20(3-2-6-24(19)36-13-14-43-16-26(36)38)28(37)29(39)34-18-9-7-17(8-10-18)31(41)42/h1-10,25,28H,11-16H2,(H,34,39)(H,41,42)/t25-,28+/m1/s1. The Labute approximate surface area is 255 Å². The second-order valence-electron chi connectivity index (χ2n) is 10.4. The fraction of sp³-hybridized carbons (Fsp3) is 0.258. The van der Waals surface area contributed by atoms with Gasteiger partial charge in [-0.1, -0.05) is 35.0 Å². The van der Waals surface area contributed by atoms with Gasteiger partial charge in [0.1, 0.15) is 12.6 Å². The molecule has 6 rings (SSSR count). The maximum absolute atomic E-state index is 14.7. The monoisotopic (exact) mass is 620 g/mol. The van der Waals surface area contributed by atoms with Gasteiger partial charge in [0, 0.05) is 36.4 Å². The summed E-state index contributed by atoms with van der Waals surface area (Å²) in [5.41, 5.74) is 2.64. The second kappa shape index (κ2) is 12.1. The molecule has 0 aromatic heterocycles. The zero-order valence-corrected chi connectivity index (χ0v) is 23.9. The van der Waals surface area contributed by atoms with E-state index in [9.17, 15) is 28.7 Å². The normalized spacial score (nSPS) is 19.6. The number of aromatic carboxylic acids is 1. The van der Waals surface area contributed by atoms with E-state index in [-0.39, 0.29) is 47.3 Å². The number of morpholine rings is 1. The average Bonchev–Trinajstić information content (AvgIpc) is 3.52. The minimum absolute atomic E-state index is 0.0350. The van der Waals surface area contributed by atoms with Crippen molar-refractivity contribution in [1.82, 2.24) is 4.90 Å². The van der Waals surface area contributed by atoms with Gasteiger partial charge in [0.2, 0.25) is 6.10 Å². The van der Waals surface area contributed by atoms with Crippen molar-refractivity contribution in [2.24, 2.45) is 5.16 Å². The number of benzene rings is 3. The van der Waals surface area contributed by atoms with Gasteiger partial charge in [-0.05, 0) is 60.0 Å². The van der Waals surface area contributed by atoms with E-state index in [0.29, 0.717) is 36.5 Å². The highest BCUT2D eigenvalue weighted by atomic mass is 35.5. The molecule has 0 spiro atoms. The Kier molecular flexibility index (Phi) is 8.02. The smallest absolute Gasteiger partial charge is 0.335 e. The third-order valence-corrected chi connectivity index (χ3v) is 8.10. The highest BCUT2D eigenvalue weighted by Crippen LogP contribution is 2.38. The summed E-state index contributed by atoms with van der Waals surface area (Å²) in [6, 6.07) is 14.2. The average molecular weight is 621 g/mol. The van der Waals surface area contributed by atoms with Crippen LogP contribution in [0.3, 0.4) is 0 Å². The van der Waals surface area contributed by atoms with E-state index in [1.54, 1.807) is 29.2 Å². The molecule has 3 aromatic rings. The van der Waals surface area contributed by atoms with E-state index >= 15 is 0 Å². The highest BCUT2D eigenvalue weighted by Gasteiger charge is 2.42. The summed E-state index contributed by atoms with van der Waals surface area (Å²) in [6.07, 6.45) is -0.797. The molecule has 0 saturated carbocycles. The van der Waals surface area contributed by atoms with Crippen LogP contribution in [0.25, 0.3) is 0 Å². The van der Waals surface area contributed by atoms with Crippen LogP contribution >= 0.6 is 11.6 Å². The molecule has 11 nitrogen and oxygen atoms in total.